The van der Waals surface area contributed by atoms with Crippen molar-refractivity contribution in [2.24, 2.45) is 0 Å². The first-order valence-electron chi connectivity index (χ1n) is 9.38. The van der Waals surface area contributed by atoms with Crippen LogP contribution in [0, 0.1) is 13.8 Å². The number of hydrogen-bond acceptors (Lipinski definition) is 4. The van der Waals surface area contributed by atoms with Crippen molar-refractivity contribution in [3.05, 3.63) is 11.6 Å². The molecule has 24 heavy (non-hydrogen) atoms. The average Bonchev–Trinajstić information content (AvgIpc) is 2.93. The summed E-state index contributed by atoms with van der Waals surface area (Å²) in [5.41, 5.74) is 0. The fourth-order valence-electron chi connectivity index (χ4n) is 4.04. The molecule has 6 nitrogen and oxygen atoms in total. The number of piperidine rings is 1. The molecule has 2 heterocycles. The van der Waals surface area contributed by atoms with Crippen LogP contribution >= 0.6 is 0 Å². The molecule has 2 atom stereocenters. The molecule has 6 heteroatoms. The molecule has 0 spiro atoms. The largest absolute Gasteiger partial charge is 0.365 e. The smallest absolute Gasteiger partial charge is 0.251 e. The number of likely N-dealkylation sites (tertiary alicyclic amines) is 1. The highest BCUT2D eigenvalue weighted by atomic mass is 16.5. The minimum Gasteiger partial charge on any atom is -0.365 e. The van der Waals surface area contributed by atoms with Gasteiger partial charge < -0.3 is 9.64 Å². The first-order chi connectivity index (χ1) is 11.5. The lowest BCUT2D eigenvalue weighted by atomic mass is 9.97. The van der Waals surface area contributed by atoms with Gasteiger partial charge in [0, 0.05) is 13.1 Å². The zero-order chi connectivity index (χ0) is 17.1. The van der Waals surface area contributed by atoms with Gasteiger partial charge in [-0.3, -0.25) is 4.79 Å². The zero-order valence-corrected chi connectivity index (χ0v) is 15.2. The third kappa shape index (κ3) is 3.97. The number of nitrogens with zero attached hydrogens (tertiary/aromatic N) is 4. The quantitative estimate of drug-likeness (QED) is 0.849. The van der Waals surface area contributed by atoms with Gasteiger partial charge in [-0.15, -0.1) is 0 Å². The Hall–Kier alpha value is -1.43. The molecule has 1 aliphatic heterocycles. The van der Waals surface area contributed by atoms with E-state index in [0.717, 1.165) is 43.9 Å². The Morgan fingerprint density at radius 3 is 2.58 bits per heavy atom. The Morgan fingerprint density at radius 1 is 1.17 bits per heavy atom. The van der Waals surface area contributed by atoms with Gasteiger partial charge in [-0.25, -0.2) is 9.67 Å². The molecule has 0 unspecified atom stereocenters. The van der Waals surface area contributed by atoms with Gasteiger partial charge in [0.15, 0.2) is 0 Å². The highest BCUT2D eigenvalue weighted by molar-refractivity contribution is 5.80. The Labute approximate surface area is 144 Å². The van der Waals surface area contributed by atoms with Crippen molar-refractivity contribution in [2.75, 3.05) is 13.1 Å². The Morgan fingerprint density at radius 2 is 1.92 bits per heavy atom. The van der Waals surface area contributed by atoms with Crippen molar-refractivity contribution in [2.45, 2.75) is 84.0 Å². The van der Waals surface area contributed by atoms with E-state index in [0.29, 0.717) is 6.54 Å². The predicted octanol–water partition coefficient (Wildman–Crippen LogP) is 2.80. The molecule has 2 fully saturated rings. The summed E-state index contributed by atoms with van der Waals surface area (Å²) >= 11 is 0. The van der Waals surface area contributed by atoms with Crippen molar-refractivity contribution in [1.82, 2.24) is 19.7 Å². The molecular formula is C18H30N4O2. The molecule has 0 N–H and O–H groups in total. The van der Waals surface area contributed by atoms with Gasteiger partial charge in [-0.05, 0) is 46.5 Å². The van der Waals surface area contributed by atoms with Crippen LogP contribution in [0.15, 0.2) is 0 Å². The van der Waals surface area contributed by atoms with E-state index in [4.69, 9.17) is 4.74 Å². The van der Waals surface area contributed by atoms with Gasteiger partial charge in [0.05, 0.1) is 12.1 Å². The first kappa shape index (κ1) is 17.4. The minimum absolute atomic E-state index is 0.125. The van der Waals surface area contributed by atoms with E-state index in [9.17, 15) is 4.79 Å². The normalized spacial score (nSPS) is 24.1. The Kier molecular flexibility index (Phi) is 5.54. The highest BCUT2D eigenvalue weighted by Gasteiger charge is 2.30. The van der Waals surface area contributed by atoms with Crippen LogP contribution in [0.2, 0.25) is 0 Å². The molecule has 1 amide bonds. The highest BCUT2D eigenvalue weighted by Crippen LogP contribution is 2.25. The molecular weight excluding hydrogens is 304 g/mol. The summed E-state index contributed by atoms with van der Waals surface area (Å²) in [6.07, 6.45) is 7.91. The zero-order valence-electron chi connectivity index (χ0n) is 15.2. The lowest BCUT2D eigenvalue weighted by molar-refractivity contribution is -0.149. The number of carbonyl (C=O) groups is 1. The van der Waals surface area contributed by atoms with E-state index in [-0.39, 0.29) is 24.2 Å². The summed E-state index contributed by atoms with van der Waals surface area (Å²) in [6.45, 7) is 7.33. The molecule has 134 valence electrons. The van der Waals surface area contributed by atoms with Crippen molar-refractivity contribution < 1.29 is 9.53 Å². The van der Waals surface area contributed by atoms with Gasteiger partial charge in [0.1, 0.15) is 17.8 Å². The van der Waals surface area contributed by atoms with Crippen LogP contribution in [-0.2, 0) is 9.53 Å². The number of aromatic nitrogens is 3. The van der Waals surface area contributed by atoms with Crippen molar-refractivity contribution >= 4 is 5.91 Å². The molecule has 0 bridgehead atoms. The lowest BCUT2D eigenvalue weighted by Gasteiger charge is -2.35. The van der Waals surface area contributed by atoms with Gasteiger partial charge in [0.2, 0.25) is 0 Å². The SMILES string of the molecule is Cc1nc(C)n([C@H]2CCCN(C(=O)[C@H](C)OC3CCCCC3)C2)n1. The Balaban J connectivity index is 1.59. The second kappa shape index (κ2) is 7.64. The van der Waals surface area contributed by atoms with Gasteiger partial charge >= 0.3 is 0 Å². The number of hydrogen-bond donors (Lipinski definition) is 0. The van der Waals surface area contributed by atoms with Crippen LogP contribution in [0.25, 0.3) is 0 Å². The van der Waals surface area contributed by atoms with Gasteiger partial charge in [-0.2, -0.15) is 5.10 Å². The van der Waals surface area contributed by atoms with E-state index < -0.39 is 0 Å². The molecule has 0 aromatic carbocycles. The summed E-state index contributed by atoms with van der Waals surface area (Å²) in [5.74, 6) is 1.85. The summed E-state index contributed by atoms with van der Waals surface area (Å²) in [7, 11) is 0. The van der Waals surface area contributed by atoms with Crippen LogP contribution in [0.5, 0.6) is 0 Å². The number of aryl methyl sites for hydroxylation is 2. The van der Waals surface area contributed by atoms with E-state index in [1.807, 2.05) is 30.4 Å². The fraction of sp³-hybridized carbons (Fsp3) is 0.833. The molecule has 1 aromatic heterocycles. The summed E-state index contributed by atoms with van der Waals surface area (Å²) < 4.78 is 8.04. The maximum absolute atomic E-state index is 12.8. The van der Waals surface area contributed by atoms with Crippen LogP contribution in [-0.4, -0.2) is 50.9 Å². The van der Waals surface area contributed by atoms with Gasteiger partial charge in [-0.1, -0.05) is 19.3 Å². The standard InChI is InChI=1S/C18H30N4O2/c1-13(24-17-9-5-4-6-10-17)18(23)21-11-7-8-16(12-21)22-15(3)19-14(2)20-22/h13,16-17H,4-12H2,1-3H3/t13-,16-/m0/s1. The fourth-order valence-corrected chi connectivity index (χ4v) is 4.04. The number of carbonyl (C=O) groups excluding carboxylic acids is 1. The van der Waals surface area contributed by atoms with E-state index in [2.05, 4.69) is 10.1 Å². The molecule has 0 radical (unpaired) electrons. The van der Waals surface area contributed by atoms with E-state index in [1.54, 1.807) is 0 Å². The number of rotatable bonds is 4. The maximum Gasteiger partial charge on any atom is 0.251 e. The number of amides is 1. The molecule has 3 rings (SSSR count). The van der Waals surface area contributed by atoms with E-state index >= 15 is 0 Å². The summed E-state index contributed by atoms with van der Waals surface area (Å²) in [6, 6.07) is 0.228. The summed E-state index contributed by atoms with van der Waals surface area (Å²) in [4.78, 5) is 19.1. The number of ether oxygens (including phenoxy) is 1. The molecule has 1 aromatic rings. The molecule has 2 aliphatic rings. The monoisotopic (exact) mass is 334 g/mol. The third-order valence-electron chi connectivity index (χ3n) is 5.26. The first-order valence-corrected chi connectivity index (χ1v) is 9.38. The minimum atomic E-state index is -0.342. The van der Waals surface area contributed by atoms with Crippen molar-refractivity contribution in [1.29, 1.82) is 0 Å². The topological polar surface area (TPSA) is 60.2 Å². The van der Waals surface area contributed by atoms with Crippen LogP contribution < -0.4 is 0 Å². The van der Waals surface area contributed by atoms with Crippen molar-refractivity contribution in [3.8, 4) is 0 Å². The molecule has 1 saturated heterocycles. The predicted molar refractivity (Wildman–Crippen MR) is 91.8 cm³/mol. The molecule has 1 saturated carbocycles. The van der Waals surface area contributed by atoms with Gasteiger partial charge in [0.25, 0.3) is 5.91 Å². The Bertz CT molecular complexity index is 565. The summed E-state index contributed by atoms with van der Waals surface area (Å²) in [5, 5.41) is 4.50. The van der Waals surface area contributed by atoms with E-state index in [1.165, 1.54) is 19.3 Å². The van der Waals surface area contributed by atoms with Crippen LogP contribution in [0.4, 0.5) is 0 Å². The third-order valence-corrected chi connectivity index (χ3v) is 5.26. The van der Waals surface area contributed by atoms with Crippen LogP contribution in [0.1, 0.15) is 69.6 Å². The second-order valence-corrected chi connectivity index (χ2v) is 7.27. The lowest BCUT2D eigenvalue weighted by Crippen LogP contribution is -2.46. The van der Waals surface area contributed by atoms with Crippen molar-refractivity contribution in [3.63, 3.8) is 0 Å². The van der Waals surface area contributed by atoms with Crippen LogP contribution in [0.3, 0.4) is 0 Å². The molecule has 1 aliphatic carbocycles. The second-order valence-electron chi connectivity index (χ2n) is 7.27. The maximum atomic E-state index is 12.8. The average molecular weight is 334 g/mol.